The van der Waals surface area contributed by atoms with Crippen LogP contribution in [0.5, 0.6) is 0 Å². The molecule has 0 radical (unpaired) electrons. The van der Waals surface area contributed by atoms with Gasteiger partial charge in [-0.25, -0.2) is 0 Å². The maximum Gasteiger partial charge on any atom is 0.278 e. The molecule has 1 saturated carbocycles. The summed E-state index contributed by atoms with van der Waals surface area (Å²) < 4.78 is 0. The first-order valence-electron chi connectivity index (χ1n) is 4.14. The van der Waals surface area contributed by atoms with Crippen molar-refractivity contribution in [3.8, 4) is 0 Å². The highest BCUT2D eigenvalue weighted by Crippen LogP contribution is 2.23. The normalized spacial score (nSPS) is 18.6. The Morgan fingerprint density at radius 3 is 2.73 bits per heavy atom. The predicted octanol–water partition coefficient (Wildman–Crippen LogP) is 2.25. The molecule has 1 aliphatic rings. The van der Waals surface area contributed by atoms with Crippen LogP contribution in [-0.2, 0) is 0 Å². The number of nitrogens with one attached hydrogen (secondary N) is 1. The van der Waals surface area contributed by atoms with Gasteiger partial charge in [0.05, 0.1) is 0 Å². The van der Waals surface area contributed by atoms with Crippen molar-refractivity contribution < 1.29 is 4.79 Å². The zero-order valence-corrected chi connectivity index (χ0v) is 7.75. The van der Waals surface area contributed by atoms with Gasteiger partial charge in [0.2, 0.25) is 0 Å². The molecule has 0 unspecified atom stereocenters. The van der Waals surface area contributed by atoms with Crippen molar-refractivity contribution in [2.75, 3.05) is 12.8 Å². The Morgan fingerprint density at radius 2 is 2.18 bits per heavy atom. The van der Waals surface area contributed by atoms with E-state index in [1.165, 1.54) is 37.4 Å². The molecule has 1 amide bonds. The monoisotopic (exact) mass is 173 g/mol. The van der Waals surface area contributed by atoms with Crippen molar-refractivity contribution in [3.63, 3.8) is 0 Å². The molecule has 0 aliphatic heterocycles. The van der Waals surface area contributed by atoms with Gasteiger partial charge in [0.15, 0.2) is 0 Å². The molecule has 3 heteroatoms. The number of carbonyl (C=O) groups excluding carboxylic acids is 1. The smallest absolute Gasteiger partial charge is 0.278 e. The molecular formula is C8H15NOS. The zero-order chi connectivity index (χ0) is 8.10. The molecule has 0 bridgehead atoms. The minimum Gasteiger partial charge on any atom is -0.347 e. The highest BCUT2D eigenvalue weighted by atomic mass is 32.2. The largest absolute Gasteiger partial charge is 0.347 e. The van der Waals surface area contributed by atoms with Crippen LogP contribution >= 0.6 is 11.8 Å². The highest BCUT2D eigenvalue weighted by molar-refractivity contribution is 8.12. The molecule has 1 N–H and O–H groups in total. The Hall–Kier alpha value is -0.180. The van der Waals surface area contributed by atoms with E-state index >= 15 is 0 Å². The summed E-state index contributed by atoms with van der Waals surface area (Å²) in [4.78, 5) is 10.8. The van der Waals surface area contributed by atoms with E-state index in [0.717, 1.165) is 12.5 Å². The predicted molar refractivity (Wildman–Crippen MR) is 48.9 cm³/mol. The molecule has 0 spiro atoms. The summed E-state index contributed by atoms with van der Waals surface area (Å²) in [6.07, 6.45) is 7.10. The van der Waals surface area contributed by atoms with Gasteiger partial charge < -0.3 is 5.32 Å². The topological polar surface area (TPSA) is 29.1 Å². The lowest BCUT2D eigenvalue weighted by Crippen LogP contribution is -2.24. The number of hydrogen-bond acceptors (Lipinski definition) is 2. The van der Waals surface area contributed by atoms with Crippen molar-refractivity contribution >= 4 is 17.0 Å². The highest BCUT2D eigenvalue weighted by Gasteiger charge is 2.14. The first kappa shape index (κ1) is 8.91. The molecule has 0 atom stereocenters. The van der Waals surface area contributed by atoms with Crippen LogP contribution in [0.4, 0.5) is 4.79 Å². The molecule has 0 heterocycles. The Kier molecular flexibility index (Phi) is 3.77. The fraction of sp³-hybridized carbons (Fsp3) is 0.875. The first-order chi connectivity index (χ1) is 5.33. The van der Waals surface area contributed by atoms with Gasteiger partial charge >= 0.3 is 0 Å². The average Bonchev–Trinajstić information content (AvgIpc) is 2.52. The van der Waals surface area contributed by atoms with Crippen LogP contribution in [0.2, 0.25) is 0 Å². The lowest BCUT2D eigenvalue weighted by Gasteiger charge is -2.08. The van der Waals surface area contributed by atoms with Gasteiger partial charge in [0.25, 0.3) is 5.24 Å². The van der Waals surface area contributed by atoms with Crippen LogP contribution in [0, 0.1) is 5.92 Å². The van der Waals surface area contributed by atoms with Crippen molar-refractivity contribution in [3.05, 3.63) is 0 Å². The second kappa shape index (κ2) is 4.65. The van der Waals surface area contributed by atoms with Gasteiger partial charge in [-0.3, -0.25) is 4.79 Å². The van der Waals surface area contributed by atoms with Crippen LogP contribution in [0.15, 0.2) is 0 Å². The molecule has 0 aromatic heterocycles. The van der Waals surface area contributed by atoms with Crippen LogP contribution in [-0.4, -0.2) is 18.0 Å². The molecule has 1 fully saturated rings. The molecule has 11 heavy (non-hydrogen) atoms. The van der Waals surface area contributed by atoms with E-state index in [-0.39, 0.29) is 5.24 Å². The van der Waals surface area contributed by atoms with E-state index in [2.05, 4.69) is 5.32 Å². The summed E-state index contributed by atoms with van der Waals surface area (Å²) >= 11 is 1.26. The van der Waals surface area contributed by atoms with Gasteiger partial charge in [-0.15, -0.1) is 0 Å². The third-order valence-electron chi connectivity index (χ3n) is 2.20. The second-order valence-corrected chi connectivity index (χ2v) is 3.80. The molecule has 2 nitrogen and oxygen atoms in total. The van der Waals surface area contributed by atoms with Crippen molar-refractivity contribution in [1.29, 1.82) is 0 Å². The van der Waals surface area contributed by atoms with Crippen LogP contribution in [0.1, 0.15) is 25.7 Å². The molecule has 64 valence electrons. The molecule has 0 aromatic rings. The summed E-state index contributed by atoms with van der Waals surface area (Å²) in [6, 6.07) is 0. The van der Waals surface area contributed by atoms with Crippen molar-refractivity contribution in [2.24, 2.45) is 5.92 Å². The van der Waals surface area contributed by atoms with Crippen molar-refractivity contribution in [2.45, 2.75) is 25.7 Å². The lowest BCUT2D eigenvalue weighted by atomic mass is 10.1. The standard InChI is InChI=1S/C8H15NOS/c1-11-8(10)9-6-7-4-2-3-5-7/h7H,2-6H2,1H3,(H,9,10). The van der Waals surface area contributed by atoms with E-state index < -0.39 is 0 Å². The van der Waals surface area contributed by atoms with Gasteiger partial charge in [-0.2, -0.15) is 0 Å². The fourth-order valence-electron chi connectivity index (χ4n) is 1.51. The van der Waals surface area contributed by atoms with Crippen LogP contribution in [0.25, 0.3) is 0 Å². The van der Waals surface area contributed by atoms with Crippen molar-refractivity contribution in [1.82, 2.24) is 5.32 Å². The number of amides is 1. The second-order valence-electron chi connectivity index (χ2n) is 3.02. The van der Waals surface area contributed by atoms with Crippen LogP contribution in [0.3, 0.4) is 0 Å². The minimum absolute atomic E-state index is 0.108. The van der Waals surface area contributed by atoms with Crippen LogP contribution < -0.4 is 5.32 Å². The average molecular weight is 173 g/mol. The van der Waals surface area contributed by atoms with Gasteiger partial charge in [-0.05, 0) is 25.0 Å². The summed E-state index contributed by atoms with van der Waals surface area (Å²) in [6.45, 7) is 0.889. The summed E-state index contributed by atoms with van der Waals surface area (Å²) in [7, 11) is 0. The van der Waals surface area contributed by atoms with E-state index in [4.69, 9.17) is 0 Å². The fourth-order valence-corrected chi connectivity index (χ4v) is 1.74. The molecular weight excluding hydrogens is 158 g/mol. The van der Waals surface area contributed by atoms with E-state index in [9.17, 15) is 4.79 Å². The maximum atomic E-state index is 10.8. The Labute approximate surface area is 72.1 Å². The molecule has 0 aromatic carbocycles. The Bertz CT molecular complexity index is 132. The first-order valence-corrected chi connectivity index (χ1v) is 5.37. The number of rotatable bonds is 2. The van der Waals surface area contributed by atoms with E-state index in [1.807, 2.05) is 6.26 Å². The van der Waals surface area contributed by atoms with Gasteiger partial charge in [0, 0.05) is 6.54 Å². The number of thioether (sulfide) groups is 1. The van der Waals surface area contributed by atoms with E-state index in [1.54, 1.807) is 0 Å². The molecule has 1 rings (SSSR count). The SMILES string of the molecule is CSC(=O)NCC1CCCC1. The molecule has 0 saturated heterocycles. The third kappa shape index (κ3) is 3.14. The Balaban J connectivity index is 2.06. The lowest BCUT2D eigenvalue weighted by molar-refractivity contribution is 0.259. The zero-order valence-electron chi connectivity index (χ0n) is 6.93. The quantitative estimate of drug-likeness (QED) is 0.694. The number of carbonyl (C=O) groups is 1. The summed E-state index contributed by atoms with van der Waals surface area (Å²) in [5.41, 5.74) is 0. The third-order valence-corrected chi connectivity index (χ3v) is 2.71. The van der Waals surface area contributed by atoms with E-state index in [0.29, 0.717) is 0 Å². The summed E-state index contributed by atoms with van der Waals surface area (Å²) in [5, 5.41) is 3.01. The summed E-state index contributed by atoms with van der Waals surface area (Å²) in [5.74, 6) is 0.756. The van der Waals surface area contributed by atoms with Gasteiger partial charge in [0.1, 0.15) is 0 Å². The maximum absolute atomic E-state index is 10.8. The number of hydrogen-bond donors (Lipinski definition) is 1. The Morgan fingerprint density at radius 1 is 1.55 bits per heavy atom. The minimum atomic E-state index is 0.108. The molecule has 1 aliphatic carbocycles. The van der Waals surface area contributed by atoms with Gasteiger partial charge in [-0.1, -0.05) is 24.6 Å².